The van der Waals surface area contributed by atoms with Crippen LogP contribution < -0.4 is 10.2 Å². The molecule has 8 nitrogen and oxygen atoms in total. The molecule has 0 heterocycles. The lowest BCUT2D eigenvalue weighted by Gasteiger charge is -2.29. The van der Waals surface area contributed by atoms with Gasteiger partial charge in [0.1, 0.15) is 13.2 Å². The van der Waals surface area contributed by atoms with E-state index in [2.05, 4.69) is 55.6 Å². The molecule has 1 amide bonds. The molecule has 0 aromatic carbocycles. The average Bonchev–Trinajstić information content (AvgIpc) is 3.28. The van der Waals surface area contributed by atoms with Gasteiger partial charge < -0.3 is 28.8 Å². The van der Waals surface area contributed by atoms with Crippen LogP contribution in [0.4, 0.5) is 0 Å². The van der Waals surface area contributed by atoms with E-state index in [1.165, 1.54) is 193 Å². The molecule has 3 unspecified atom stereocenters. The highest BCUT2D eigenvalue weighted by Gasteiger charge is 2.23. The summed E-state index contributed by atoms with van der Waals surface area (Å²) in [6, 6.07) is -0.913. The van der Waals surface area contributed by atoms with E-state index in [9.17, 15) is 19.4 Å². The molecule has 388 valence electrons. The molecule has 0 fully saturated rings. The van der Waals surface area contributed by atoms with E-state index in [1.54, 1.807) is 6.08 Å². The molecule has 0 aliphatic heterocycles. The molecule has 0 aromatic rings. The second kappa shape index (κ2) is 48.5. The number of carbonyl (C=O) groups is 1. The van der Waals surface area contributed by atoms with Crippen LogP contribution in [0.15, 0.2) is 48.6 Å². The van der Waals surface area contributed by atoms with Crippen molar-refractivity contribution in [1.82, 2.24) is 5.32 Å². The molecule has 0 bridgehead atoms. The molecular formula is C57H109N2O6P. The number of allylic oxidation sites excluding steroid dienone is 7. The molecule has 0 spiro atoms. The Kier molecular flexibility index (Phi) is 47.4. The van der Waals surface area contributed by atoms with Crippen LogP contribution in [0.2, 0.25) is 0 Å². The number of carbonyl (C=O) groups excluding carboxylic acids is 1. The molecule has 66 heavy (non-hydrogen) atoms. The molecule has 0 saturated heterocycles. The molecule has 0 saturated carbocycles. The number of likely N-dealkylation sites (N-methyl/N-ethyl adjacent to an activating group) is 1. The minimum absolute atomic E-state index is 0.0103. The zero-order chi connectivity index (χ0) is 48.5. The zero-order valence-electron chi connectivity index (χ0n) is 44.1. The highest BCUT2D eigenvalue weighted by molar-refractivity contribution is 7.45. The number of aliphatic hydroxyl groups excluding tert-OH is 1. The third kappa shape index (κ3) is 50.3. The lowest BCUT2D eigenvalue weighted by atomic mass is 10.0. The lowest BCUT2D eigenvalue weighted by molar-refractivity contribution is -0.870. The first kappa shape index (κ1) is 64.5. The van der Waals surface area contributed by atoms with E-state index in [-0.39, 0.29) is 12.5 Å². The van der Waals surface area contributed by atoms with E-state index in [0.717, 1.165) is 44.9 Å². The fourth-order valence-corrected chi connectivity index (χ4v) is 8.79. The predicted molar refractivity (Wildman–Crippen MR) is 284 cm³/mol. The molecule has 0 aromatic heterocycles. The Labute approximate surface area is 409 Å². The van der Waals surface area contributed by atoms with Crippen LogP contribution in [0, 0.1) is 0 Å². The number of quaternary nitrogens is 1. The molecule has 9 heteroatoms. The van der Waals surface area contributed by atoms with Gasteiger partial charge in [0.2, 0.25) is 5.91 Å². The van der Waals surface area contributed by atoms with Crippen LogP contribution in [0.25, 0.3) is 0 Å². The van der Waals surface area contributed by atoms with Gasteiger partial charge in [-0.2, -0.15) is 0 Å². The van der Waals surface area contributed by atoms with Gasteiger partial charge in [-0.05, 0) is 70.6 Å². The zero-order valence-corrected chi connectivity index (χ0v) is 45.0. The van der Waals surface area contributed by atoms with Crippen molar-refractivity contribution in [3.63, 3.8) is 0 Å². The monoisotopic (exact) mass is 949 g/mol. The summed E-state index contributed by atoms with van der Waals surface area (Å²) in [7, 11) is 1.23. The van der Waals surface area contributed by atoms with Gasteiger partial charge in [-0.15, -0.1) is 0 Å². The number of hydrogen-bond acceptors (Lipinski definition) is 6. The van der Waals surface area contributed by atoms with Gasteiger partial charge >= 0.3 is 0 Å². The Balaban J connectivity index is 4.32. The summed E-state index contributed by atoms with van der Waals surface area (Å²) in [6.45, 7) is 4.64. The number of phosphoric ester groups is 1. The maximum Gasteiger partial charge on any atom is 0.268 e. The van der Waals surface area contributed by atoms with Gasteiger partial charge in [-0.3, -0.25) is 9.36 Å². The summed E-state index contributed by atoms with van der Waals surface area (Å²) < 4.78 is 23.3. The molecule has 0 radical (unpaired) electrons. The average molecular weight is 949 g/mol. The summed E-state index contributed by atoms with van der Waals surface area (Å²) in [4.78, 5) is 25.4. The number of nitrogens with zero attached hydrogens (tertiary/aromatic N) is 1. The minimum atomic E-state index is -4.61. The molecule has 0 aliphatic rings. The normalized spacial score (nSPS) is 14.3. The number of unbranched alkanes of at least 4 members (excludes halogenated alkanes) is 32. The Hall–Kier alpha value is -1.54. The molecule has 3 atom stereocenters. The van der Waals surface area contributed by atoms with Gasteiger partial charge in [0, 0.05) is 6.42 Å². The number of phosphoric acid groups is 1. The van der Waals surface area contributed by atoms with E-state index in [1.807, 2.05) is 27.2 Å². The van der Waals surface area contributed by atoms with E-state index in [0.29, 0.717) is 17.4 Å². The highest BCUT2D eigenvalue weighted by Crippen LogP contribution is 2.38. The van der Waals surface area contributed by atoms with Crippen molar-refractivity contribution in [1.29, 1.82) is 0 Å². The van der Waals surface area contributed by atoms with Gasteiger partial charge in [-0.25, -0.2) is 0 Å². The molecule has 0 aliphatic carbocycles. The van der Waals surface area contributed by atoms with E-state index in [4.69, 9.17) is 9.05 Å². The molecule has 0 rings (SSSR count). The topological polar surface area (TPSA) is 108 Å². The quantitative estimate of drug-likeness (QED) is 0.0272. The van der Waals surface area contributed by atoms with Crippen LogP contribution in [0.5, 0.6) is 0 Å². The Morgan fingerprint density at radius 2 is 0.848 bits per heavy atom. The van der Waals surface area contributed by atoms with E-state index < -0.39 is 26.6 Å². The van der Waals surface area contributed by atoms with Crippen molar-refractivity contribution in [2.45, 2.75) is 270 Å². The maximum atomic E-state index is 12.9. The number of rotatable bonds is 51. The molecular weight excluding hydrogens is 840 g/mol. The smallest absolute Gasteiger partial charge is 0.268 e. The van der Waals surface area contributed by atoms with Crippen molar-refractivity contribution in [3.8, 4) is 0 Å². The van der Waals surface area contributed by atoms with Gasteiger partial charge in [0.05, 0.1) is 39.9 Å². The van der Waals surface area contributed by atoms with Gasteiger partial charge in [0.15, 0.2) is 0 Å². The van der Waals surface area contributed by atoms with E-state index >= 15 is 0 Å². The first-order valence-corrected chi connectivity index (χ1v) is 29.5. The van der Waals surface area contributed by atoms with Crippen molar-refractivity contribution < 1.29 is 32.9 Å². The van der Waals surface area contributed by atoms with Crippen LogP contribution in [-0.2, 0) is 18.4 Å². The molecule has 2 N–H and O–H groups in total. The predicted octanol–water partition coefficient (Wildman–Crippen LogP) is 16.1. The first-order chi connectivity index (χ1) is 32.0. The van der Waals surface area contributed by atoms with Crippen molar-refractivity contribution >= 4 is 13.7 Å². The second-order valence-electron chi connectivity index (χ2n) is 20.3. The Bertz CT molecular complexity index is 1210. The number of amides is 1. The Morgan fingerprint density at radius 3 is 1.23 bits per heavy atom. The summed E-state index contributed by atoms with van der Waals surface area (Å²) in [5.41, 5.74) is 0. The minimum Gasteiger partial charge on any atom is -0.756 e. The fraction of sp³-hybridized carbons (Fsp3) is 0.842. The standard InChI is InChI=1S/C57H109N2O6P/c1-6-8-10-12-14-16-18-20-22-24-26-27-28-29-30-31-33-34-36-38-40-42-44-46-48-50-56(60)55(54-65-66(62,63)64-53-52-59(3,4)5)58-57(61)51-49-47-45-43-41-39-37-35-32-25-23-21-19-17-15-13-11-9-7-2/h25,32-34,40,42,48,50,55-56,60H,6-24,26-31,35-39,41,43-47,49,51-54H2,1-5H3,(H-,58,61,62,63)/b32-25-,34-33+,42-40+,50-48+. The number of hydrogen-bond donors (Lipinski definition) is 2. The third-order valence-corrected chi connectivity index (χ3v) is 13.5. The highest BCUT2D eigenvalue weighted by atomic mass is 31.2. The van der Waals surface area contributed by atoms with Gasteiger partial charge in [-0.1, -0.05) is 229 Å². The second-order valence-corrected chi connectivity index (χ2v) is 21.7. The fourth-order valence-electron chi connectivity index (χ4n) is 8.06. The maximum absolute atomic E-state index is 12.9. The summed E-state index contributed by atoms with van der Waals surface area (Å²) >= 11 is 0. The largest absolute Gasteiger partial charge is 0.756 e. The third-order valence-electron chi connectivity index (χ3n) is 12.5. The summed E-state index contributed by atoms with van der Waals surface area (Å²) in [5.74, 6) is -0.215. The van der Waals surface area contributed by atoms with Crippen molar-refractivity contribution in [2.24, 2.45) is 0 Å². The SMILES string of the molecule is CCCCCCCCCC/C=C\CCCCCCCCCC(=O)NC(COP(=O)([O-])OCC[N+](C)(C)C)C(O)/C=C/CC/C=C/CC/C=C/CCCCCCCCCCCCCCCCC. The van der Waals surface area contributed by atoms with Crippen molar-refractivity contribution in [3.05, 3.63) is 48.6 Å². The van der Waals surface area contributed by atoms with Crippen LogP contribution in [0.1, 0.15) is 258 Å². The first-order valence-electron chi connectivity index (χ1n) is 28.0. The van der Waals surface area contributed by atoms with Crippen LogP contribution >= 0.6 is 7.82 Å². The van der Waals surface area contributed by atoms with Crippen LogP contribution in [-0.4, -0.2) is 68.5 Å². The Morgan fingerprint density at radius 1 is 0.515 bits per heavy atom. The summed E-state index contributed by atoms with van der Waals surface area (Å²) in [6.07, 6.45) is 63.3. The summed E-state index contributed by atoms with van der Waals surface area (Å²) in [5, 5.41) is 13.8. The van der Waals surface area contributed by atoms with Crippen LogP contribution in [0.3, 0.4) is 0 Å². The van der Waals surface area contributed by atoms with Gasteiger partial charge in [0.25, 0.3) is 7.82 Å². The van der Waals surface area contributed by atoms with Crippen molar-refractivity contribution in [2.75, 3.05) is 40.9 Å². The lowest BCUT2D eigenvalue weighted by Crippen LogP contribution is -2.45. The number of aliphatic hydroxyl groups is 1. The number of nitrogens with one attached hydrogen (secondary N) is 1.